The molecule has 1 aliphatic rings. The second kappa shape index (κ2) is 13.6. The van der Waals surface area contributed by atoms with E-state index in [1.165, 1.54) is 11.8 Å². The number of thioether (sulfide) groups is 1. The molecular weight excluding hydrogens is 456 g/mol. The first kappa shape index (κ1) is 28.2. The van der Waals surface area contributed by atoms with Crippen LogP contribution in [0.5, 0.6) is 0 Å². The highest BCUT2D eigenvalue weighted by molar-refractivity contribution is 7.98. The summed E-state index contributed by atoms with van der Waals surface area (Å²) in [5, 5.41) is 14.2. The number of carbonyl (C=O) groups is 6. The van der Waals surface area contributed by atoms with Crippen molar-refractivity contribution >= 4 is 47.3 Å². The van der Waals surface area contributed by atoms with Crippen LogP contribution >= 0.6 is 11.8 Å². The van der Waals surface area contributed by atoms with Crippen molar-refractivity contribution in [3.63, 3.8) is 0 Å². The van der Waals surface area contributed by atoms with Crippen LogP contribution in [0.4, 0.5) is 0 Å². The minimum absolute atomic E-state index is 0.00758. The van der Waals surface area contributed by atoms with E-state index in [1.807, 2.05) is 0 Å². The molecule has 1 saturated heterocycles. The van der Waals surface area contributed by atoms with Crippen molar-refractivity contribution < 1.29 is 33.9 Å². The predicted molar refractivity (Wildman–Crippen MR) is 119 cm³/mol. The van der Waals surface area contributed by atoms with Gasteiger partial charge in [0.25, 0.3) is 0 Å². The molecule has 0 aromatic heterocycles. The first-order valence-electron chi connectivity index (χ1n) is 10.4. The maximum Gasteiger partial charge on any atom is 0.326 e. The number of nitrogens with two attached hydrogens (primary N) is 3. The van der Waals surface area contributed by atoms with Gasteiger partial charge in [-0.15, -0.1) is 0 Å². The molecule has 4 atom stereocenters. The average Bonchev–Trinajstić information content (AvgIpc) is 3.23. The van der Waals surface area contributed by atoms with Gasteiger partial charge in [-0.2, -0.15) is 11.8 Å². The fraction of sp³-hybridized carbons (Fsp3) is 0.684. The third-order valence-electron chi connectivity index (χ3n) is 5.12. The lowest BCUT2D eigenvalue weighted by Gasteiger charge is -2.28. The van der Waals surface area contributed by atoms with Gasteiger partial charge in [0.2, 0.25) is 29.5 Å². The van der Waals surface area contributed by atoms with Gasteiger partial charge in [-0.25, -0.2) is 4.79 Å². The Labute approximate surface area is 195 Å². The zero-order valence-corrected chi connectivity index (χ0v) is 19.3. The lowest BCUT2D eigenvalue weighted by Crippen LogP contribution is -2.58. The van der Waals surface area contributed by atoms with Gasteiger partial charge in [0, 0.05) is 13.0 Å². The molecule has 9 N–H and O–H groups in total. The summed E-state index contributed by atoms with van der Waals surface area (Å²) >= 11 is 1.42. The van der Waals surface area contributed by atoms with E-state index in [0.717, 1.165) is 4.90 Å². The minimum atomic E-state index is -1.38. The van der Waals surface area contributed by atoms with Crippen LogP contribution in [0, 0.1) is 0 Å². The van der Waals surface area contributed by atoms with Crippen LogP contribution in [0.1, 0.15) is 38.5 Å². The number of hydrogen-bond donors (Lipinski definition) is 6. The number of nitrogens with one attached hydrogen (secondary N) is 2. The first-order valence-corrected chi connectivity index (χ1v) is 11.8. The molecule has 1 aliphatic heterocycles. The summed E-state index contributed by atoms with van der Waals surface area (Å²) in [6.45, 7) is 0.169. The molecule has 5 amide bonds. The van der Waals surface area contributed by atoms with Crippen LogP contribution in [-0.4, -0.2) is 88.2 Å². The Morgan fingerprint density at radius 1 is 1.03 bits per heavy atom. The topological polar surface area (TPSA) is 228 Å². The predicted octanol–water partition coefficient (Wildman–Crippen LogP) is -2.75. The van der Waals surface area contributed by atoms with Crippen LogP contribution in [-0.2, 0) is 28.8 Å². The van der Waals surface area contributed by atoms with E-state index in [9.17, 15) is 33.9 Å². The van der Waals surface area contributed by atoms with Crippen molar-refractivity contribution in [2.75, 3.05) is 18.6 Å². The molecule has 0 bridgehead atoms. The van der Waals surface area contributed by atoms with Gasteiger partial charge in [-0.05, 0) is 37.7 Å². The number of primary amides is 2. The van der Waals surface area contributed by atoms with E-state index in [0.29, 0.717) is 12.2 Å². The van der Waals surface area contributed by atoms with E-state index in [2.05, 4.69) is 10.6 Å². The number of carbonyl (C=O) groups excluding carboxylic acids is 5. The van der Waals surface area contributed by atoms with E-state index in [-0.39, 0.29) is 32.2 Å². The Bertz CT molecular complexity index is 765. The molecule has 0 radical (unpaired) electrons. The third kappa shape index (κ3) is 9.26. The lowest BCUT2D eigenvalue weighted by atomic mass is 10.1. The molecule has 0 spiro atoms. The summed E-state index contributed by atoms with van der Waals surface area (Å²) in [6, 6.07) is -4.60. The molecule has 0 aromatic rings. The Balaban J connectivity index is 2.95. The highest BCUT2D eigenvalue weighted by Gasteiger charge is 2.38. The minimum Gasteiger partial charge on any atom is -0.480 e. The first-order chi connectivity index (χ1) is 15.5. The van der Waals surface area contributed by atoms with Gasteiger partial charge >= 0.3 is 5.97 Å². The number of aliphatic carboxylic acids is 1. The Morgan fingerprint density at radius 3 is 2.21 bits per heavy atom. The van der Waals surface area contributed by atoms with Crippen molar-refractivity contribution in [2.45, 2.75) is 62.7 Å². The van der Waals surface area contributed by atoms with Gasteiger partial charge in [0.05, 0.1) is 12.5 Å². The van der Waals surface area contributed by atoms with E-state index >= 15 is 0 Å². The summed E-state index contributed by atoms with van der Waals surface area (Å²) in [4.78, 5) is 73.2. The number of carboxylic acid groups (broad SMARTS) is 1. The Morgan fingerprint density at radius 2 is 1.67 bits per heavy atom. The number of rotatable bonds is 14. The van der Waals surface area contributed by atoms with E-state index in [4.69, 9.17) is 17.2 Å². The van der Waals surface area contributed by atoms with Gasteiger partial charge in [0.1, 0.15) is 18.1 Å². The van der Waals surface area contributed by atoms with Crippen molar-refractivity contribution in [1.82, 2.24) is 15.5 Å². The molecule has 0 saturated carbocycles. The molecule has 33 heavy (non-hydrogen) atoms. The monoisotopic (exact) mass is 488 g/mol. The molecule has 13 nitrogen and oxygen atoms in total. The normalized spacial score (nSPS) is 18.1. The van der Waals surface area contributed by atoms with Crippen LogP contribution in [0.3, 0.4) is 0 Å². The summed E-state index contributed by atoms with van der Waals surface area (Å²) in [6.07, 6.45) is 2.07. The van der Waals surface area contributed by atoms with E-state index < -0.39 is 66.1 Å². The molecule has 1 heterocycles. The molecule has 14 heteroatoms. The Hall–Kier alpha value is -2.87. The number of hydrogen-bond acceptors (Lipinski definition) is 8. The molecule has 4 unspecified atom stereocenters. The second-order valence-corrected chi connectivity index (χ2v) is 8.70. The summed E-state index contributed by atoms with van der Waals surface area (Å²) in [5.41, 5.74) is 16.0. The highest BCUT2D eigenvalue weighted by Crippen LogP contribution is 2.19. The number of carboxylic acids is 1. The van der Waals surface area contributed by atoms with Gasteiger partial charge in [-0.3, -0.25) is 24.0 Å². The fourth-order valence-corrected chi connectivity index (χ4v) is 3.84. The molecule has 186 valence electrons. The van der Waals surface area contributed by atoms with Crippen molar-refractivity contribution in [3.05, 3.63) is 0 Å². The van der Waals surface area contributed by atoms with Crippen LogP contribution < -0.4 is 27.8 Å². The zero-order chi connectivity index (χ0) is 25.1. The molecular formula is C19H32N6O7S. The van der Waals surface area contributed by atoms with Crippen molar-refractivity contribution in [2.24, 2.45) is 17.2 Å². The number of nitrogens with zero attached hydrogens (tertiary/aromatic N) is 1. The van der Waals surface area contributed by atoms with Gasteiger partial charge in [-0.1, -0.05) is 0 Å². The van der Waals surface area contributed by atoms with Crippen molar-refractivity contribution in [1.29, 1.82) is 0 Å². The largest absolute Gasteiger partial charge is 0.480 e. The van der Waals surface area contributed by atoms with Crippen molar-refractivity contribution in [3.8, 4) is 0 Å². The summed E-state index contributed by atoms with van der Waals surface area (Å²) in [5.74, 6) is -4.34. The second-order valence-electron chi connectivity index (χ2n) is 7.71. The standard InChI is InChI=1S/C19H32N6O7S/c1-33-8-6-11(23-16(28)10(20)4-5-14(21)26)17(29)24-12(9-15(22)27)18(30)25-7-2-3-13(25)19(31)32/h10-13H,2-9,20H2,1H3,(H2,21,26)(H2,22,27)(H,23,28)(H,24,29)(H,31,32). The maximum atomic E-state index is 12.9. The Kier molecular flexibility index (Phi) is 11.6. The molecule has 0 aromatic carbocycles. The SMILES string of the molecule is CSCCC(NC(=O)C(N)CCC(N)=O)C(=O)NC(CC(N)=O)C(=O)N1CCCC1C(=O)O. The number of likely N-dealkylation sites (tertiary alicyclic amines) is 1. The van der Waals surface area contributed by atoms with Gasteiger partial charge in [0.15, 0.2) is 0 Å². The third-order valence-corrected chi connectivity index (χ3v) is 5.77. The quantitative estimate of drug-likeness (QED) is 0.149. The van der Waals surface area contributed by atoms with Crippen LogP contribution in [0.2, 0.25) is 0 Å². The zero-order valence-electron chi connectivity index (χ0n) is 18.5. The number of amides is 5. The fourth-order valence-electron chi connectivity index (χ4n) is 3.37. The summed E-state index contributed by atoms with van der Waals surface area (Å²) < 4.78 is 0. The summed E-state index contributed by atoms with van der Waals surface area (Å²) in [7, 11) is 0. The molecule has 1 rings (SSSR count). The van der Waals surface area contributed by atoms with Gasteiger partial charge < -0.3 is 37.8 Å². The highest BCUT2D eigenvalue weighted by atomic mass is 32.2. The lowest BCUT2D eigenvalue weighted by molar-refractivity contribution is -0.149. The van der Waals surface area contributed by atoms with Crippen LogP contribution in [0.25, 0.3) is 0 Å². The molecule has 1 fully saturated rings. The average molecular weight is 489 g/mol. The van der Waals surface area contributed by atoms with Crippen LogP contribution in [0.15, 0.2) is 0 Å². The van der Waals surface area contributed by atoms with E-state index in [1.54, 1.807) is 6.26 Å². The molecule has 0 aliphatic carbocycles. The maximum absolute atomic E-state index is 12.9. The smallest absolute Gasteiger partial charge is 0.326 e.